The Bertz CT molecular complexity index is 1140. The zero-order valence-electron chi connectivity index (χ0n) is 20.5. The second-order valence-corrected chi connectivity index (χ2v) is 9.69. The highest BCUT2D eigenvalue weighted by Gasteiger charge is 2.48. The maximum absolute atomic E-state index is 13.2. The highest BCUT2D eigenvalue weighted by atomic mass is 16.6. The van der Waals surface area contributed by atoms with Gasteiger partial charge in [-0.05, 0) is 67.7 Å². The number of aryl methyl sites for hydroxylation is 3. The van der Waals surface area contributed by atoms with Crippen molar-refractivity contribution in [3.05, 3.63) is 58.6 Å². The smallest absolute Gasteiger partial charge is 0.338 e. The number of cyclic esters (lactones) is 1. The summed E-state index contributed by atoms with van der Waals surface area (Å²) in [6.07, 6.45) is 9.48. The molecule has 1 atom stereocenters. The number of carbonyl (C=O) groups excluding carboxylic acids is 1. The van der Waals surface area contributed by atoms with Crippen molar-refractivity contribution in [2.45, 2.75) is 77.2 Å². The van der Waals surface area contributed by atoms with E-state index >= 15 is 0 Å². The molecule has 1 aliphatic heterocycles. The zero-order chi connectivity index (χ0) is 25.0. The van der Waals surface area contributed by atoms with Gasteiger partial charge in [-0.15, -0.1) is 0 Å². The topological polar surface area (TPSA) is 131 Å². The van der Waals surface area contributed by atoms with Gasteiger partial charge in [0, 0.05) is 25.2 Å². The lowest BCUT2D eigenvalue weighted by Crippen LogP contribution is -2.46. The number of aliphatic imine (C=N–C) groups is 1. The first-order chi connectivity index (χ1) is 16.8. The Morgan fingerprint density at radius 2 is 1.94 bits per heavy atom. The maximum atomic E-state index is 13.2. The van der Waals surface area contributed by atoms with Gasteiger partial charge in [-0.3, -0.25) is 0 Å². The molecule has 2 aromatic rings. The number of aliphatic hydroxyl groups excluding tert-OH is 1. The number of phenolic OH excluding ortho intramolecular Hbond substituents is 1. The van der Waals surface area contributed by atoms with Crippen LogP contribution in [-0.2, 0) is 22.4 Å². The second kappa shape index (κ2) is 10.5. The highest BCUT2D eigenvalue weighted by Crippen LogP contribution is 2.46. The molecule has 2 aliphatic rings. The van der Waals surface area contributed by atoms with Crippen molar-refractivity contribution in [1.82, 2.24) is 9.97 Å². The molecule has 0 radical (unpaired) electrons. The molecule has 35 heavy (non-hydrogen) atoms. The second-order valence-electron chi connectivity index (χ2n) is 9.69. The fourth-order valence-electron chi connectivity index (χ4n) is 5.19. The average Bonchev–Trinajstić information content (AvgIpc) is 3.38. The fourth-order valence-corrected chi connectivity index (χ4v) is 5.19. The van der Waals surface area contributed by atoms with Gasteiger partial charge in [-0.1, -0.05) is 31.9 Å². The van der Waals surface area contributed by atoms with Gasteiger partial charge in [0.1, 0.15) is 22.9 Å². The van der Waals surface area contributed by atoms with Crippen LogP contribution < -0.4 is 5.73 Å². The highest BCUT2D eigenvalue weighted by molar-refractivity contribution is 5.98. The van der Waals surface area contributed by atoms with Gasteiger partial charge in [0.2, 0.25) is 0 Å². The number of amidine groups is 1. The molecule has 0 spiro atoms. The van der Waals surface area contributed by atoms with Crippen LogP contribution in [0.4, 0.5) is 5.95 Å². The molecule has 186 valence electrons. The average molecular weight is 479 g/mol. The quantitative estimate of drug-likeness (QED) is 0.283. The third kappa shape index (κ3) is 5.63. The number of aromatic hydroxyl groups is 1. The molecule has 1 aromatic heterocycles. The van der Waals surface area contributed by atoms with Crippen molar-refractivity contribution >= 4 is 17.8 Å². The van der Waals surface area contributed by atoms with Crippen molar-refractivity contribution in [3.63, 3.8) is 0 Å². The number of aromatic nitrogens is 2. The van der Waals surface area contributed by atoms with Gasteiger partial charge >= 0.3 is 5.97 Å². The molecular weight excluding hydrogens is 444 g/mol. The number of phenols is 1. The number of nitrogens with two attached hydrogens (primary N) is 1. The van der Waals surface area contributed by atoms with E-state index in [9.17, 15) is 15.0 Å². The number of nitrogens with zero attached hydrogens (tertiary/aromatic N) is 3. The van der Waals surface area contributed by atoms with Gasteiger partial charge in [0.05, 0.1) is 5.57 Å². The Morgan fingerprint density at radius 1 is 1.23 bits per heavy atom. The summed E-state index contributed by atoms with van der Waals surface area (Å²) >= 11 is 0. The Hall–Kier alpha value is -3.42. The Balaban J connectivity index is 1.56. The van der Waals surface area contributed by atoms with E-state index in [1.807, 2.05) is 19.1 Å². The van der Waals surface area contributed by atoms with Crippen LogP contribution >= 0.6 is 0 Å². The molecule has 4 N–H and O–H groups in total. The van der Waals surface area contributed by atoms with Gasteiger partial charge in [0.15, 0.2) is 0 Å². The van der Waals surface area contributed by atoms with Crippen molar-refractivity contribution in [3.8, 4) is 5.75 Å². The third-order valence-corrected chi connectivity index (χ3v) is 7.20. The number of hydrogen-bond acceptors (Lipinski definition) is 7. The Kier molecular flexibility index (Phi) is 7.38. The minimum atomic E-state index is -0.804. The molecule has 0 amide bonds. The van der Waals surface area contributed by atoms with Crippen molar-refractivity contribution in [1.29, 1.82) is 0 Å². The summed E-state index contributed by atoms with van der Waals surface area (Å²) in [5, 5.41) is 21.4. The van der Waals surface area contributed by atoms with E-state index in [-0.39, 0.29) is 47.6 Å². The van der Waals surface area contributed by atoms with Crippen LogP contribution in [-0.4, -0.2) is 37.6 Å². The summed E-state index contributed by atoms with van der Waals surface area (Å²) in [7, 11) is 0. The van der Waals surface area contributed by atoms with Gasteiger partial charge in [0.25, 0.3) is 5.95 Å². The minimum absolute atomic E-state index is 0.00246. The molecule has 0 bridgehead atoms. The first-order valence-corrected chi connectivity index (χ1v) is 12.4. The van der Waals surface area contributed by atoms with Crippen LogP contribution in [0.25, 0.3) is 0 Å². The number of hydrogen-bond donors (Lipinski definition) is 3. The minimum Gasteiger partial charge on any atom is -0.512 e. The molecule has 1 saturated carbocycles. The van der Waals surface area contributed by atoms with E-state index in [0.29, 0.717) is 12.8 Å². The summed E-state index contributed by atoms with van der Waals surface area (Å²) in [5.74, 6) is 0.180. The molecule has 0 saturated heterocycles. The Labute approximate surface area is 206 Å². The summed E-state index contributed by atoms with van der Waals surface area (Å²) in [6.45, 7) is 3.94. The van der Waals surface area contributed by atoms with E-state index in [4.69, 9.17) is 10.5 Å². The first-order valence-electron chi connectivity index (χ1n) is 12.4. The standard InChI is InChI=1S/C27H34N4O4/c1-3-18-8-9-22(32)19(12-18)10-11-27(20-6-4-5-7-20)14-23(33)21(25(34)35-27)13-24(28)31-26-29-15-17(2)16-30-26/h8-9,12,15-16,20,32-33H,3-7,10-11,13-14H2,1-2H3,(H2,28,29,30,31). The normalized spacial score (nSPS) is 21.4. The number of carbonyl (C=O) groups is 1. The zero-order valence-corrected chi connectivity index (χ0v) is 20.5. The van der Waals surface area contributed by atoms with Crippen LogP contribution in [0.3, 0.4) is 0 Å². The fraction of sp³-hybridized carbons (Fsp3) is 0.481. The SMILES string of the molecule is CCc1ccc(O)c(CCC2(C3CCCC3)CC(O)=C(C/C(N)=N/c3ncc(C)cn3)C(=O)O2)c1. The monoisotopic (exact) mass is 478 g/mol. The van der Waals surface area contributed by atoms with Crippen molar-refractivity contribution < 1.29 is 19.7 Å². The lowest BCUT2D eigenvalue weighted by atomic mass is 9.76. The molecule has 8 nitrogen and oxygen atoms in total. The Morgan fingerprint density at radius 3 is 2.60 bits per heavy atom. The number of esters is 1. The van der Waals surface area contributed by atoms with Crippen LogP contribution in [0.5, 0.6) is 5.75 Å². The molecule has 1 aliphatic carbocycles. The predicted molar refractivity (Wildman–Crippen MR) is 134 cm³/mol. The third-order valence-electron chi connectivity index (χ3n) is 7.20. The predicted octanol–water partition coefficient (Wildman–Crippen LogP) is 4.75. The van der Waals surface area contributed by atoms with Crippen LogP contribution in [0.1, 0.15) is 68.6 Å². The number of aliphatic hydroxyl groups is 1. The van der Waals surface area contributed by atoms with Gasteiger partial charge in [-0.25, -0.2) is 14.8 Å². The molecule has 1 aromatic carbocycles. The van der Waals surface area contributed by atoms with Crippen molar-refractivity contribution in [2.75, 3.05) is 0 Å². The van der Waals surface area contributed by atoms with E-state index in [1.165, 1.54) is 0 Å². The largest absolute Gasteiger partial charge is 0.512 e. The van der Waals surface area contributed by atoms with Gasteiger partial charge in [-0.2, -0.15) is 4.99 Å². The molecule has 2 heterocycles. The van der Waals surface area contributed by atoms with Crippen molar-refractivity contribution in [2.24, 2.45) is 16.6 Å². The maximum Gasteiger partial charge on any atom is 0.338 e. The van der Waals surface area contributed by atoms with Crippen LogP contribution in [0, 0.1) is 12.8 Å². The number of rotatable bonds is 8. The molecule has 1 fully saturated rings. The van der Waals surface area contributed by atoms with E-state index in [2.05, 4.69) is 21.9 Å². The lowest BCUT2D eigenvalue weighted by molar-refractivity contribution is -0.167. The van der Waals surface area contributed by atoms with E-state index in [1.54, 1.807) is 18.5 Å². The summed E-state index contributed by atoms with van der Waals surface area (Å²) in [4.78, 5) is 25.5. The molecule has 8 heteroatoms. The van der Waals surface area contributed by atoms with Crippen LogP contribution in [0.15, 0.2) is 46.9 Å². The van der Waals surface area contributed by atoms with Gasteiger partial charge < -0.3 is 20.7 Å². The van der Waals surface area contributed by atoms with Crippen LogP contribution in [0.2, 0.25) is 0 Å². The molecule has 4 rings (SSSR count). The summed E-state index contributed by atoms with van der Waals surface area (Å²) in [6, 6.07) is 5.65. The molecular formula is C27H34N4O4. The summed E-state index contributed by atoms with van der Waals surface area (Å²) < 4.78 is 6.15. The molecule has 1 unspecified atom stereocenters. The first kappa shape index (κ1) is 24.7. The van der Waals surface area contributed by atoms with E-state index < -0.39 is 11.6 Å². The number of benzene rings is 1. The summed E-state index contributed by atoms with van der Waals surface area (Å²) in [5.41, 5.74) is 8.26. The lowest BCUT2D eigenvalue weighted by Gasteiger charge is -2.42. The number of ether oxygens (including phenoxy) is 1. The van der Waals surface area contributed by atoms with E-state index in [0.717, 1.165) is 48.8 Å².